The summed E-state index contributed by atoms with van der Waals surface area (Å²) in [5.41, 5.74) is 12.9. The Hall–Kier alpha value is -7.43. The molecular weight excluding hydrogens is 669 g/mol. The number of fused-ring (bicyclic) bond motifs is 3. The van der Waals surface area contributed by atoms with Crippen LogP contribution < -0.4 is 0 Å². The molecule has 10 rings (SSSR count). The first-order valence-electron chi connectivity index (χ1n) is 18.5. The van der Waals surface area contributed by atoms with Crippen LogP contribution in [0.1, 0.15) is 0 Å². The SMILES string of the molecule is c1ccc(-c2cc(-c3ccccc3)cc(-c3ccc(-c4nc(-c5ccccc5)nc(-c5ccccc5)n4)c(-n4c5ccccc5c5ccccc54)c3)c2)cc1. The molecule has 4 nitrogen and oxygen atoms in total. The van der Waals surface area contributed by atoms with Crippen molar-refractivity contribution in [2.75, 3.05) is 0 Å². The van der Waals surface area contributed by atoms with E-state index in [4.69, 9.17) is 15.0 Å². The van der Waals surface area contributed by atoms with Crippen LogP contribution in [0.2, 0.25) is 0 Å². The molecule has 55 heavy (non-hydrogen) atoms. The monoisotopic (exact) mass is 702 g/mol. The summed E-state index contributed by atoms with van der Waals surface area (Å²) >= 11 is 0. The van der Waals surface area contributed by atoms with Gasteiger partial charge in [0.05, 0.1) is 16.7 Å². The molecule has 0 aliphatic rings. The minimum absolute atomic E-state index is 0.610. The zero-order valence-corrected chi connectivity index (χ0v) is 29.9. The smallest absolute Gasteiger partial charge is 0.166 e. The number of hydrogen-bond acceptors (Lipinski definition) is 3. The van der Waals surface area contributed by atoms with Crippen molar-refractivity contribution in [3.8, 4) is 73.2 Å². The van der Waals surface area contributed by atoms with Crippen LogP contribution in [0.5, 0.6) is 0 Å². The Morgan fingerprint density at radius 1 is 0.273 bits per heavy atom. The van der Waals surface area contributed by atoms with E-state index in [1.165, 1.54) is 21.9 Å². The molecule has 0 atom stereocenters. The lowest BCUT2D eigenvalue weighted by molar-refractivity contribution is 1.06. The molecule has 0 amide bonds. The van der Waals surface area contributed by atoms with Crippen LogP contribution in [-0.4, -0.2) is 19.5 Å². The summed E-state index contributed by atoms with van der Waals surface area (Å²) < 4.78 is 2.37. The Labute approximate surface area is 319 Å². The summed E-state index contributed by atoms with van der Waals surface area (Å²) in [6, 6.07) is 72.4. The number of hydrogen-bond donors (Lipinski definition) is 0. The molecule has 0 saturated carbocycles. The fourth-order valence-corrected chi connectivity index (χ4v) is 7.59. The highest BCUT2D eigenvalue weighted by Gasteiger charge is 2.20. The average Bonchev–Trinajstić information content (AvgIpc) is 3.61. The molecule has 0 saturated heterocycles. The average molecular weight is 703 g/mol. The van der Waals surface area contributed by atoms with Gasteiger partial charge in [0.1, 0.15) is 0 Å². The van der Waals surface area contributed by atoms with Crippen LogP contribution in [-0.2, 0) is 0 Å². The number of para-hydroxylation sites is 2. The molecule has 0 spiro atoms. The second-order valence-electron chi connectivity index (χ2n) is 13.7. The van der Waals surface area contributed by atoms with E-state index in [0.717, 1.165) is 55.7 Å². The Kier molecular flexibility index (Phi) is 8.12. The normalized spacial score (nSPS) is 11.3. The lowest BCUT2D eigenvalue weighted by Crippen LogP contribution is -2.04. The maximum absolute atomic E-state index is 5.20. The summed E-state index contributed by atoms with van der Waals surface area (Å²) in [5, 5.41) is 2.38. The molecule has 0 N–H and O–H groups in total. The van der Waals surface area contributed by atoms with E-state index in [2.05, 4.69) is 174 Å². The van der Waals surface area contributed by atoms with Gasteiger partial charge in [-0.3, -0.25) is 0 Å². The van der Waals surface area contributed by atoms with Crippen LogP contribution in [0.15, 0.2) is 206 Å². The largest absolute Gasteiger partial charge is 0.308 e. The van der Waals surface area contributed by atoms with Crippen molar-refractivity contribution in [2.45, 2.75) is 0 Å². The lowest BCUT2D eigenvalue weighted by atomic mass is 9.92. The first kappa shape index (κ1) is 32.2. The molecule has 0 radical (unpaired) electrons. The van der Waals surface area contributed by atoms with Gasteiger partial charge in [0.25, 0.3) is 0 Å². The van der Waals surface area contributed by atoms with Gasteiger partial charge in [0.2, 0.25) is 0 Å². The standard InChI is InChI=1S/C51H34N4/c1-5-17-35(18-6-1)40-31-41(36-19-7-2-8-20-36)33-42(32-40)39-29-30-45(48(34-39)55-46-27-15-13-25-43(46)44-26-14-16-28-47(44)55)51-53-49(37-21-9-3-10-22-37)52-50(54-51)38-23-11-4-12-24-38/h1-34H. The quantitative estimate of drug-likeness (QED) is 0.166. The molecule has 0 aliphatic heterocycles. The number of aromatic nitrogens is 4. The van der Waals surface area contributed by atoms with Gasteiger partial charge in [-0.1, -0.05) is 164 Å². The van der Waals surface area contributed by atoms with E-state index in [1.807, 2.05) is 36.4 Å². The Bertz CT molecular complexity index is 2790. The van der Waals surface area contributed by atoms with Crippen LogP contribution in [0.3, 0.4) is 0 Å². The third-order valence-electron chi connectivity index (χ3n) is 10.2. The van der Waals surface area contributed by atoms with Gasteiger partial charge >= 0.3 is 0 Å². The van der Waals surface area contributed by atoms with Crippen molar-refractivity contribution >= 4 is 21.8 Å². The zero-order valence-electron chi connectivity index (χ0n) is 29.9. The van der Waals surface area contributed by atoms with Crippen LogP contribution in [0.25, 0.3) is 95.0 Å². The van der Waals surface area contributed by atoms with Crippen molar-refractivity contribution in [1.82, 2.24) is 19.5 Å². The highest BCUT2D eigenvalue weighted by molar-refractivity contribution is 6.09. The molecule has 258 valence electrons. The van der Waals surface area contributed by atoms with Crippen LogP contribution in [0, 0.1) is 0 Å². The van der Waals surface area contributed by atoms with Gasteiger partial charge in [-0.15, -0.1) is 0 Å². The molecule has 0 unspecified atom stereocenters. The molecule has 8 aromatic carbocycles. The van der Waals surface area contributed by atoms with Gasteiger partial charge in [-0.2, -0.15) is 0 Å². The molecule has 10 aromatic rings. The lowest BCUT2D eigenvalue weighted by Gasteiger charge is -2.17. The van der Waals surface area contributed by atoms with Gasteiger partial charge in [0, 0.05) is 27.5 Å². The topological polar surface area (TPSA) is 43.6 Å². The second kappa shape index (κ2) is 13.8. The fraction of sp³-hybridized carbons (Fsp3) is 0. The maximum Gasteiger partial charge on any atom is 0.166 e. The van der Waals surface area contributed by atoms with E-state index in [0.29, 0.717) is 17.5 Å². The minimum Gasteiger partial charge on any atom is -0.308 e. The van der Waals surface area contributed by atoms with Gasteiger partial charge < -0.3 is 4.57 Å². The molecule has 4 heteroatoms. The van der Waals surface area contributed by atoms with Crippen molar-refractivity contribution in [1.29, 1.82) is 0 Å². The van der Waals surface area contributed by atoms with Crippen molar-refractivity contribution in [2.24, 2.45) is 0 Å². The fourth-order valence-electron chi connectivity index (χ4n) is 7.59. The van der Waals surface area contributed by atoms with Crippen molar-refractivity contribution in [3.05, 3.63) is 206 Å². The van der Waals surface area contributed by atoms with E-state index in [-0.39, 0.29) is 0 Å². The molecule has 2 heterocycles. The summed E-state index contributed by atoms with van der Waals surface area (Å²) in [5.74, 6) is 1.87. The van der Waals surface area contributed by atoms with E-state index in [1.54, 1.807) is 0 Å². The van der Waals surface area contributed by atoms with Gasteiger partial charge in [0.15, 0.2) is 17.5 Å². The molecule has 0 aliphatic carbocycles. The summed E-state index contributed by atoms with van der Waals surface area (Å²) in [6.07, 6.45) is 0. The summed E-state index contributed by atoms with van der Waals surface area (Å²) in [6.45, 7) is 0. The second-order valence-corrected chi connectivity index (χ2v) is 13.7. The third-order valence-corrected chi connectivity index (χ3v) is 10.2. The molecular formula is C51H34N4. The summed E-state index contributed by atoms with van der Waals surface area (Å²) in [4.78, 5) is 15.4. The Balaban J connectivity index is 1.26. The van der Waals surface area contributed by atoms with E-state index < -0.39 is 0 Å². The first-order chi connectivity index (χ1) is 27.3. The van der Waals surface area contributed by atoms with E-state index >= 15 is 0 Å². The highest BCUT2D eigenvalue weighted by Crippen LogP contribution is 2.40. The minimum atomic E-state index is 0.610. The van der Waals surface area contributed by atoms with Crippen molar-refractivity contribution < 1.29 is 0 Å². The number of nitrogens with zero attached hydrogens (tertiary/aromatic N) is 4. The Morgan fingerprint density at radius 2 is 0.655 bits per heavy atom. The Morgan fingerprint density at radius 3 is 1.13 bits per heavy atom. The highest BCUT2D eigenvalue weighted by atomic mass is 15.1. The molecule has 0 bridgehead atoms. The van der Waals surface area contributed by atoms with Crippen LogP contribution >= 0.6 is 0 Å². The summed E-state index contributed by atoms with van der Waals surface area (Å²) in [7, 11) is 0. The number of benzene rings is 8. The molecule has 0 fully saturated rings. The third kappa shape index (κ3) is 6.06. The first-order valence-corrected chi connectivity index (χ1v) is 18.5. The predicted molar refractivity (Wildman–Crippen MR) is 227 cm³/mol. The molecule has 2 aromatic heterocycles. The predicted octanol–water partition coefficient (Wildman–Crippen LogP) is 13.0. The zero-order chi connectivity index (χ0) is 36.6. The van der Waals surface area contributed by atoms with Gasteiger partial charge in [-0.05, 0) is 75.8 Å². The number of rotatable bonds is 7. The maximum atomic E-state index is 5.20. The van der Waals surface area contributed by atoms with Crippen LogP contribution in [0.4, 0.5) is 0 Å². The van der Waals surface area contributed by atoms with E-state index in [9.17, 15) is 0 Å². The van der Waals surface area contributed by atoms with Gasteiger partial charge in [-0.25, -0.2) is 15.0 Å². The van der Waals surface area contributed by atoms with Crippen molar-refractivity contribution in [3.63, 3.8) is 0 Å².